The lowest BCUT2D eigenvalue weighted by molar-refractivity contribution is -0.140. The summed E-state index contributed by atoms with van der Waals surface area (Å²) in [6.07, 6.45) is 0.623. The highest BCUT2D eigenvalue weighted by Crippen LogP contribution is 2.13. The van der Waals surface area contributed by atoms with E-state index in [0.29, 0.717) is 12.3 Å². The molecule has 0 fully saturated rings. The molecular formula is C12H11F2NO4. The van der Waals surface area contributed by atoms with Gasteiger partial charge in [0.1, 0.15) is 17.9 Å². The Labute approximate surface area is 107 Å². The number of hydrogen-bond acceptors (Lipinski definition) is 4. The Morgan fingerprint density at radius 2 is 1.95 bits per heavy atom. The van der Waals surface area contributed by atoms with Crippen molar-refractivity contribution in [3.8, 4) is 0 Å². The van der Waals surface area contributed by atoms with Crippen molar-refractivity contribution in [2.24, 2.45) is 0 Å². The molecule has 0 unspecified atom stereocenters. The number of carbonyl (C=O) groups is 2. The van der Waals surface area contributed by atoms with Crippen molar-refractivity contribution < 1.29 is 28.2 Å². The highest BCUT2D eigenvalue weighted by atomic mass is 19.1. The maximum Gasteiger partial charge on any atom is 0.357 e. The molecule has 0 saturated heterocycles. The number of aliphatic hydroxyl groups is 1. The van der Waals surface area contributed by atoms with Crippen molar-refractivity contribution in [1.29, 1.82) is 0 Å². The lowest BCUT2D eigenvalue weighted by Crippen LogP contribution is -2.27. The minimum Gasteiger partial charge on any atom is -0.513 e. The van der Waals surface area contributed by atoms with Crippen molar-refractivity contribution in [1.82, 2.24) is 4.90 Å². The summed E-state index contributed by atoms with van der Waals surface area (Å²) in [5.41, 5.74) is -0.324. The van der Waals surface area contributed by atoms with Gasteiger partial charge in [-0.25, -0.2) is 13.6 Å². The van der Waals surface area contributed by atoms with Crippen LogP contribution in [0.3, 0.4) is 0 Å². The van der Waals surface area contributed by atoms with Crippen LogP contribution in [0.1, 0.15) is 5.56 Å². The minimum absolute atomic E-state index is 0.118. The average molecular weight is 271 g/mol. The Balaban J connectivity index is 2.99. The summed E-state index contributed by atoms with van der Waals surface area (Å²) in [6.45, 7) is -0.292. The van der Waals surface area contributed by atoms with Crippen molar-refractivity contribution in [3.63, 3.8) is 0 Å². The van der Waals surface area contributed by atoms with Gasteiger partial charge in [0.15, 0.2) is 5.70 Å². The number of carbonyl (C=O) groups excluding carboxylic acids is 2. The number of esters is 1. The van der Waals surface area contributed by atoms with Gasteiger partial charge >= 0.3 is 5.97 Å². The van der Waals surface area contributed by atoms with E-state index in [9.17, 15) is 18.4 Å². The second-order valence-corrected chi connectivity index (χ2v) is 3.52. The largest absolute Gasteiger partial charge is 0.513 e. The van der Waals surface area contributed by atoms with E-state index in [2.05, 4.69) is 4.74 Å². The van der Waals surface area contributed by atoms with Gasteiger partial charge in [0.25, 0.3) is 0 Å². The van der Waals surface area contributed by atoms with Crippen LogP contribution in [-0.2, 0) is 20.9 Å². The van der Waals surface area contributed by atoms with Gasteiger partial charge in [-0.3, -0.25) is 4.79 Å². The molecule has 7 heteroatoms. The molecule has 0 bridgehead atoms. The smallest absolute Gasteiger partial charge is 0.357 e. The Hall–Kier alpha value is -2.44. The molecule has 1 aromatic rings. The summed E-state index contributed by atoms with van der Waals surface area (Å²) in [5.74, 6) is -2.58. The minimum atomic E-state index is -0.952. The first-order valence-electron chi connectivity index (χ1n) is 5.11. The molecule has 1 aromatic carbocycles. The predicted octanol–water partition coefficient (Wildman–Crippen LogP) is 1.50. The van der Waals surface area contributed by atoms with Gasteiger partial charge in [0.2, 0.25) is 6.41 Å². The third-order valence-corrected chi connectivity index (χ3v) is 2.23. The number of nitrogens with zero attached hydrogens (tertiary/aromatic N) is 1. The summed E-state index contributed by atoms with van der Waals surface area (Å²) >= 11 is 0. The average Bonchev–Trinajstić information content (AvgIpc) is 2.36. The van der Waals surface area contributed by atoms with E-state index in [1.54, 1.807) is 0 Å². The Kier molecular flexibility index (Phi) is 4.99. The molecule has 1 amide bonds. The molecule has 102 valence electrons. The molecular weight excluding hydrogens is 260 g/mol. The molecule has 0 aromatic heterocycles. The molecule has 0 aliphatic carbocycles. The topological polar surface area (TPSA) is 66.8 Å². The summed E-state index contributed by atoms with van der Waals surface area (Å²) in [5, 5.41) is 8.90. The van der Waals surface area contributed by atoms with E-state index < -0.39 is 23.3 Å². The van der Waals surface area contributed by atoms with Gasteiger partial charge < -0.3 is 14.7 Å². The number of hydrogen-bond donors (Lipinski definition) is 1. The fourth-order valence-corrected chi connectivity index (χ4v) is 1.43. The van der Waals surface area contributed by atoms with Gasteiger partial charge in [-0.2, -0.15) is 0 Å². The van der Waals surface area contributed by atoms with Crippen LogP contribution in [0.4, 0.5) is 8.78 Å². The first-order valence-corrected chi connectivity index (χ1v) is 5.11. The van der Waals surface area contributed by atoms with E-state index >= 15 is 0 Å². The van der Waals surface area contributed by atoms with Gasteiger partial charge in [-0.1, -0.05) is 0 Å². The van der Waals surface area contributed by atoms with Crippen LogP contribution in [-0.4, -0.2) is 29.5 Å². The molecule has 0 spiro atoms. The number of benzene rings is 1. The zero-order valence-corrected chi connectivity index (χ0v) is 9.97. The molecule has 1 N–H and O–H groups in total. The molecule has 0 radical (unpaired) electrons. The summed E-state index contributed by atoms with van der Waals surface area (Å²) in [4.78, 5) is 22.9. The highest BCUT2D eigenvalue weighted by molar-refractivity contribution is 5.89. The zero-order valence-electron chi connectivity index (χ0n) is 9.97. The van der Waals surface area contributed by atoms with Crippen LogP contribution in [0.15, 0.2) is 30.2 Å². The number of halogens is 2. The summed E-state index contributed by atoms with van der Waals surface area (Å²) < 4.78 is 30.3. The van der Waals surface area contributed by atoms with Crippen LogP contribution in [0.5, 0.6) is 0 Å². The Morgan fingerprint density at radius 3 is 2.37 bits per heavy atom. The number of aliphatic hydroxyl groups excluding tert-OH is 1. The first kappa shape index (κ1) is 14.6. The monoisotopic (exact) mass is 271 g/mol. The molecule has 0 heterocycles. The van der Waals surface area contributed by atoms with Gasteiger partial charge in [-0.05, 0) is 17.7 Å². The van der Waals surface area contributed by atoms with Crippen molar-refractivity contribution in [2.75, 3.05) is 7.11 Å². The molecule has 0 aliphatic rings. The van der Waals surface area contributed by atoms with Gasteiger partial charge in [0.05, 0.1) is 13.7 Å². The van der Waals surface area contributed by atoms with E-state index in [1.165, 1.54) is 0 Å². The third kappa shape index (κ3) is 3.77. The number of rotatable bonds is 5. The van der Waals surface area contributed by atoms with Crippen LogP contribution in [0.2, 0.25) is 0 Å². The van der Waals surface area contributed by atoms with Crippen LogP contribution in [0, 0.1) is 11.6 Å². The van der Waals surface area contributed by atoms with Gasteiger partial charge in [-0.15, -0.1) is 0 Å². The van der Waals surface area contributed by atoms with Crippen LogP contribution in [0.25, 0.3) is 0 Å². The Bertz CT molecular complexity index is 496. The van der Waals surface area contributed by atoms with Crippen molar-refractivity contribution >= 4 is 12.4 Å². The van der Waals surface area contributed by atoms with Gasteiger partial charge in [0, 0.05) is 6.07 Å². The zero-order chi connectivity index (χ0) is 14.4. The first-order chi connectivity index (χ1) is 9.01. The predicted molar refractivity (Wildman–Crippen MR) is 60.7 cm³/mol. The molecule has 1 rings (SSSR count). The SMILES string of the molecule is COC(=O)C(=CO)N(C=O)Cc1cc(F)cc(F)c1. The number of methoxy groups -OCH3 is 1. The fraction of sp³-hybridized carbons (Fsp3) is 0.167. The van der Waals surface area contributed by atoms with Crippen molar-refractivity contribution in [3.05, 3.63) is 47.4 Å². The second-order valence-electron chi connectivity index (χ2n) is 3.52. The van der Waals surface area contributed by atoms with Crippen LogP contribution < -0.4 is 0 Å². The maximum atomic E-state index is 13.0. The molecule has 0 aliphatic heterocycles. The lowest BCUT2D eigenvalue weighted by atomic mass is 10.2. The fourth-order valence-electron chi connectivity index (χ4n) is 1.43. The van der Waals surface area contributed by atoms with Crippen molar-refractivity contribution in [2.45, 2.75) is 6.54 Å². The second kappa shape index (κ2) is 6.48. The van der Waals surface area contributed by atoms with E-state index in [1.807, 2.05) is 0 Å². The molecule has 0 saturated carbocycles. The number of amides is 1. The standard InChI is InChI=1S/C12H11F2NO4/c1-19-12(18)11(6-16)15(7-17)5-8-2-9(13)4-10(14)3-8/h2-4,6-7,16H,5H2,1H3. The third-order valence-electron chi connectivity index (χ3n) is 2.23. The van der Waals surface area contributed by atoms with E-state index in [4.69, 9.17) is 5.11 Å². The number of ether oxygens (including phenoxy) is 1. The summed E-state index contributed by atoms with van der Waals surface area (Å²) in [7, 11) is 1.07. The maximum absolute atomic E-state index is 13.0. The molecule has 5 nitrogen and oxygen atoms in total. The lowest BCUT2D eigenvalue weighted by Gasteiger charge is -2.18. The highest BCUT2D eigenvalue weighted by Gasteiger charge is 2.19. The molecule has 0 atom stereocenters. The summed E-state index contributed by atoms with van der Waals surface area (Å²) in [6, 6.07) is 2.69. The normalized spacial score (nSPS) is 11.0. The Morgan fingerprint density at radius 1 is 1.37 bits per heavy atom. The quantitative estimate of drug-likeness (QED) is 0.381. The molecule has 19 heavy (non-hydrogen) atoms. The van der Waals surface area contributed by atoms with E-state index in [0.717, 1.165) is 24.1 Å². The van der Waals surface area contributed by atoms with Crippen LogP contribution >= 0.6 is 0 Å². The van der Waals surface area contributed by atoms with E-state index in [-0.39, 0.29) is 18.5 Å².